The summed E-state index contributed by atoms with van der Waals surface area (Å²) in [5.41, 5.74) is 6.04. The Morgan fingerprint density at radius 1 is 0.792 bits per heavy atom. The molecule has 0 spiro atoms. The number of urea groups is 1. The Kier molecular flexibility index (Phi) is 4.29. The monoisotopic (exact) mass is 320 g/mol. The molecule has 0 radical (unpaired) electrons. The highest BCUT2D eigenvalue weighted by atomic mass is 19.1. The van der Waals surface area contributed by atoms with Crippen molar-refractivity contribution in [3.05, 3.63) is 107 Å². The quantitative estimate of drug-likeness (QED) is 0.706. The van der Waals surface area contributed by atoms with Crippen LogP contribution in [0.3, 0.4) is 0 Å². The molecule has 0 aliphatic carbocycles. The Hall–Kier alpha value is -3.14. The van der Waals surface area contributed by atoms with Gasteiger partial charge < -0.3 is 11.1 Å². The van der Waals surface area contributed by atoms with Crippen LogP contribution in [-0.2, 0) is 5.54 Å². The van der Waals surface area contributed by atoms with E-state index < -0.39 is 17.4 Å². The van der Waals surface area contributed by atoms with Crippen molar-refractivity contribution in [1.82, 2.24) is 5.32 Å². The zero-order chi connectivity index (χ0) is 17.0. The molecule has 0 atom stereocenters. The summed E-state index contributed by atoms with van der Waals surface area (Å²) < 4.78 is 14.7. The van der Waals surface area contributed by atoms with Crippen LogP contribution >= 0.6 is 0 Å². The number of nitrogens with one attached hydrogen (secondary N) is 1. The number of amides is 2. The molecule has 0 aliphatic rings. The van der Waals surface area contributed by atoms with E-state index in [0.29, 0.717) is 5.56 Å². The number of hydrogen-bond donors (Lipinski definition) is 2. The molecule has 0 heterocycles. The summed E-state index contributed by atoms with van der Waals surface area (Å²) in [7, 11) is 0. The maximum atomic E-state index is 14.7. The molecule has 3 nitrogen and oxygen atoms in total. The number of benzene rings is 3. The van der Waals surface area contributed by atoms with Crippen molar-refractivity contribution in [3.8, 4) is 0 Å². The zero-order valence-corrected chi connectivity index (χ0v) is 12.9. The molecule has 3 aromatic rings. The van der Waals surface area contributed by atoms with Crippen LogP contribution < -0.4 is 11.1 Å². The maximum Gasteiger partial charge on any atom is 0.313 e. The SMILES string of the molecule is NC(=O)NC(c1ccccc1)(c1ccccc1)c1ccccc1F. The number of rotatable bonds is 4. The Morgan fingerprint density at radius 2 is 1.25 bits per heavy atom. The number of halogens is 1. The highest BCUT2D eigenvalue weighted by Crippen LogP contribution is 2.37. The van der Waals surface area contributed by atoms with Gasteiger partial charge >= 0.3 is 6.03 Å². The third-order valence-corrected chi connectivity index (χ3v) is 4.00. The Morgan fingerprint density at radius 3 is 1.71 bits per heavy atom. The molecule has 0 saturated heterocycles. The van der Waals surface area contributed by atoms with Gasteiger partial charge in [-0.2, -0.15) is 0 Å². The maximum absolute atomic E-state index is 14.7. The minimum Gasteiger partial charge on any atom is -0.352 e. The van der Waals surface area contributed by atoms with Crippen molar-refractivity contribution in [2.45, 2.75) is 5.54 Å². The van der Waals surface area contributed by atoms with Crippen molar-refractivity contribution >= 4 is 6.03 Å². The van der Waals surface area contributed by atoms with Crippen molar-refractivity contribution in [2.75, 3.05) is 0 Å². The molecule has 120 valence electrons. The number of carbonyl (C=O) groups excluding carboxylic acids is 1. The van der Waals surface area contributed by atoms with Gasteiger partial charge in [0.2, 0.25) is 0 Å². The molecule has 0 unspecified atom stereocenters. The summed E-state index contributed by atoms with van der Waals surface area (Å²) in [6, 6.07) is 24.1. The molecule has 3 rings (SSSR count). The van der Waals surface area contributed by atoms with Gasteiger partial charge in [-0.25, -0.2) is 9.18 Å². The molecule has 0 aliphatic heterocycles. The third kappa shape index (κ3) is 2.74. The van der Waals surface area contributed by atoms with Crippen LogP contribution in [0.1, 0.15) is 16.7 Å². The molecular formula is C20H17FN2O. The molecule has 0 saturated carbocycles. The second-order valence-electron chi connectivity index (χ2n) is 5.45. The molecule has 3 aromatic carbocycles. The fraction of sp³-hybridized carbons (Fsp3) is 0.0500. The Labute approximate surface area is 139 Å². The first kappa shape index (κ1) is 15.7. The summed E-state index contributed by atoms with van der Waals surface area (Å²) in [6.45, 7) is 0. The van der Waals surface area contributed by atoms with E-state index >= 15 is 0 Å². The highest BCUT2D eigenvalue weighted by molar-refractivity contribution is 5.75. The van der Waals surface area contributed by atoms with E-state index in [1.807, 2.05) is 60.7 Å². The molecule has 0 aromatic heterocycles. The van der Waals surface area contributed by atoms with E-state index in [0.717, 1.165) is 11.1 Å². The molecule has 3 N–H and O–H groups in total. The predicted octanol–water partition coefficient (Wildman–Crippen LogP) is 3.79. The molecule has 2 amide bonds. The van der Waals surface area contributed by atoms with E-state index in [1.54, 1.807) is 18.2 Å². The minimum absolute atomic E-state index is 0.334. The van der Waals surface area contributed by atoms with E-state index in [2.05, 4.69) is 5.32 Å². The second kappa shape index (κ2) is 6.54. The number of carbonyl (C=O) groups is 1. The van der Waals surface area contributed by atoms with Crippen LogP contribution in [0.4, 0.5) is 9.18 Å². The van der Waals surface area contributed by atoms with Gasteiger partial charge in [0.25, 0.3) is 0 Å². The third-order valence-electron chi connectivity index (χ3n) is 4.00. The Balaban J connectivity index is 2.38. The molecule has 0 fully saturated rings. The van der Waals surface area contributed by atoms with E-state index in [4.69, 9.17) is 5.73 Å². The topological polar surface area (TPSA) is 55.1 Å². The first-order chi connectivity index (χ1) is 11.6. The standard InChI is InChI=1S/C20H17FN2O/c21-18-14-8-7-13-17(18)20(23-19(22)24,15-9-3-1-4-10-15)16-11-5-2-6-12-16/h1-14H,(H3,22,23,24). The van der Waals surface area contributed by atoms with Crippen LogP contribution in [0.2, 0.25) is 0 Å². The number of nitrogens with two attached hydrogens (primary N) is 1. The van der Waals surface area contributed by atoms with Gasteiger partial charge in [-0.15, -0.1) is 0 Å². The lowest BCUT2D eigenvalue weighted by molar-refractivity contribution is 0.242. The molecule has 0 bridgehead atoms. The average molecular weight is 320 g/mol. The van der Waals surface area contributed by atoms with Crippen molar-refractivity contribution in [3.63, 3.8) is 0 Å². The van der Waals surface area contributed by atoms with Crippen molar-refractivity contribution in [2.24, 2.45) is 5.73 Å². The van der Waals surface area contributed by atoms with Gasteiger partial charge in [0.1, 0.15) is 11.4 Å². The van der Waals surface area contributed by atoms with E-state index in [9.17, 15) is 9.18 Å². The summed E-state index contributed by atoms with van der Waals surface area (Å²) in [5.74, 6) is -0.418. The normalized spacial score (nSPS) is 11.0. The summed E-state index contributed by atoms with van der Waals surface area (Å²) in [4.78, 5) is 11.8. The number of hydrogen-bond acceptors (Lipinski definition) is 1. The first-order valence-electron chi connectivity index (χ1n) is 7.58. The van der Waals surface area contributed by atoms with Crippen LogP contribution in [0.15, 0.2) is 84.9 Å². The van der Waals surface area contributed by atoms with Crippen LogP contribution in [-0.4, -0.2) is 6.03 Å². The van der Waals surface area contributed by atoms with Gasteiger partial charge in [-0.3, -0.25) is 0 Å². The van der Waals surface area contributed by atoms with Crippen LogP contribution in [0.25, 0.3) is 0 Å². The predicted molar refractivity (Wildman–Crippen MR) is 91.9 cm³/mol. The van der Waals surface area contributed by atoms with Crippen LogP contribution in [0, 0.1) is 5.82 Å². The smallest absolute Gasteiger partial charge is 0.313 e. The summed E-state index contributed by atoms with van der Waals surface area (Å²) in [5, 5.41) is 2.78. The lowest BCUT2D eigenvalue weighted by Crippen LogP contribution is -2.50. The van der Waals surface area contributed by atoms with Gasteiger partial charge in [-0.1, -0.05) is 78.9 Å². The minimum atomic E-state index is -1.21. The fourth-order valence-electron chi connectivity index (χ4n) is 3.02. The van der Waals surface area contributed by atoms with Crippen LogP contribution in [0.5, 0.6) is 0 Å². The van der Waals surface area contributed by atoms with Gasteiger partial charge in [-0.05, 0) is 17.2 Å². The van der Waals surface area contributed by atoms with E-state index in [1.165, 1.54) is 6.07 Å². The lowest BCUT2D eigenvalue weighted by Gasteiger charge is -2.36. The molecular weight excluding hydrogens is 303 g/mol. The van der Waals surface area contributed by atoms with Crippen molar-refractivity contribution in [1.29, 1.82) is 0 Å². The summed E-state index contributed by atoms with van der Waals surface area (Å²) in [6.07, 6.45) is 0. The fourth-order valence-corrected chi connectivity index (χ4v) is 3.02. The van der Waals surface area contributed by atoms with Gasteiger partial charge in [0, 0.05) is 5.56 Å². The largest absolute Gasteiger partial charge is 0.352 e. The molecule has 4 heteroatoms. The molecule has 24 heavy (non-hydrogen) atoms. The first-order valence-corrected chi connectivity index (χ1v) is 7.58. The zero-order valence-electron chi connectivity index (χ0n) is 12.9. The second-order valence-corrected chi connectivity index (χ2v) is 5.45. The highest BCUT2D eigenvalue weighted by Gasteiger charge is 2.39. The van der Waals surface area contributed by atoms with Crippen molar-refractivity contribution < 1.29 is 9.18 Å². The Bertz CT molecular complexity index is 795. The average Bonchev–Trinajstić information content (AvgIpc) is 2.62. The lowest BCUT2D eigenvalue weighted by atomic mass is 9.77. The van der Waals surface area contributed by atoms with Gasteiger partial charge in [0.15, 0.2) is 0 Å². The summed E-state index contributed by atoms with van der Waals surface area (Å²) >= 11 is 0. The van der Waals surface area contributed by atoms with E-state index in [-0.39, 0.29) is 0 Å². The van der Waals surface area contributed by atoms with Gasteiger partial charge in [0.05, 0.1) is 0 Å². The number of primary amides is 1.